The van der Waals surface area contributed by atoms with E-state index in [1.807, 2.05) is 79.7 Å². The standard InChI is InChI=1S/C31H23Cl2NO4/c1-2-36-28-18-21(16-26(33)29(28)37-19-20-7-6-10-25(32)15-20)17-27-31(35)38-30(34-27)24-13-11-23(12-14-24)22-8-4-3-5-9-22/h3-18H,2,19H2,1H3/b27-17-. The molecular weight excluding hydrogens is 521 g/mol. The monoisotopic (exact) mass is 543 g/mol. The van der Waals surface area contributed by atoms with Gasteiger partial charge in [0, 0.05) is 10.6 Å². The number of aliphatic imine (C=N–C) groups is 1. The third-order valence-corrected chi connectivity index (χ3v) is 6.28. The van der Waals surface area contributed by atoms with Gasteiger partial charge in [0.05, 0.1) is 11.6 Å². The molecule has 4 aromatic carbocycles. The van der Waals surface area contributed by atoms with E-state index in [-0.39, 0.29) is 18.2 Å². The predicted molar refractivity (Wildman–Crippen MR) is 151 cm³/mol. The Morgan fingerprint density at radius 1 is 0.842 bits per heavy atom. The largest absolute Gasteiger partial charge is 0.490 e. The van der Waals surface area contributed by atoms with E-state index in [0.29, 0.717) is 39.3 Å². The molecule has 0 aliphatic carbocycles. The van der Waals surface area contributed by atoms with E-state index in [1.54, 1.807) is 24.3 Å². The summed E-state index contributed by atoms with van der Waals surface area (Å²) in [5, 5.41) is 0.969. The van der Waals surface area contributed by atoms with E-state index in [1.165, 1.54) is 0 Å². The highest BCUT2D eigenvalue weighted by molar-refractivity contribution is 6.32. The van der Waals surface area contributed by atoms with Crippen molar-refractivity contribution in [3.05, 3.63) is 123 Å². The quantitative estimate of drug-likeness (QED) is 0.167. The maximum atomic E-state index is 12.6. The zero-order valence-electron chi connectivity index (χ0n) is 20.5. The molecule has 1 heterocycles. The van der Waals surface area contributed by atoms with Gasteiger partial charge >= 0.3 is 5.97 Å². The Kier molecular flexibility index (Phi) is 7.78. The summed E-state index contributed by atoms with van der Waals surface area (Å²) in [6.07, 6.45) is 1.61. The van der Waals surface area contributed by atoms with Crippen LogP contribution in [-0.2, 0) is 16.1 Å². The second-order valence-electron chi connectivity index (χ2n) is 8.46. The Morgan fingerprint density at radius 3 is 2.32 bits per heavy atom. The molecule has 38 heavy (non-hydrogen) atoms. The molecule has 0 bridgehead atoms. The van der Waals surface area contributed by atoms with E-state index in [2.05, 4.69) is 4.99 Å². The molecule has 0 unspecified atom stereocenters. The summed E-state index contributed by atoms with van der Waals surface area (Å²) in [5.74, 6) is 0.578. The molecule has 0 amide bonds. The number of benzene rings is 4. The fraction of sp³-hybridized carbons (Fsp3) is 0.0968. The van der Waals surface area contributed by atoms with E-state index < -0.39 is 5.97 Å². The third-order valence-electron chi connectivity index (χ3n) is 5.77. The maximum Gasteiger partial charge on any atom is 0.363 e. The Morgan fingerprint density at radius 2 is 1.58 bits per heavy atom. The van der Waals surface area contributed by atoms with Gasteiger partial charge in [-0.1, -0.05) is 77.8 Å². The summed E-state index contributed by atoms with van der Waals surface area (Å²) < 4.78 is 17.2. The van der Waals surface area contributed by atoms with Crippen molar-refractivity contribution < 1.29 is 19.0 Å². The van der Waals surface area contributed by atoms with Crippen LogP contribution in [0.4, 0.5) is 0 Å². The van der Waals surface area contributed by atoms with Crippen LogP contribution in [0.1, 0.15) is 23.6 Å². The molecule has 0 saturated heterocycles. The fourth-order valence-corrected chi connectivity index (χ4v) is 4.47. The van der Waals surface area contributed by atoms with Gasteiger partial charge < -0.3 is 14.2 Å². The predicted octanol–water partition coefficient (Wildman–Crippen LogP) is 7.98. The van der Waals surface area contributed by atoms with Crippen molar-refractivity contribution in [2.24, 2.45) is 4.99 Å². The minimum absolute atomic E-state index is 0.165. The second-order valence-corrected chi connectivity index (χ2v) is 9.30. The highest BCUT2D eigenvalue weighted by atomic mass is 35.5. The lowest BCUT2D eigenvalue weighted by atomic mass is 10.0. The Labute approximate surface area is 230 Å². The first-order chi connectivity index (χ1) is 18.5. The number of hydrogen-bond acceptors (Lipinski definition) is 5. The van der Waals surface area contributed by atoms with Gasteiger partial charge in [0.15, 0.2) is 17.2 Å². The summed E-state index contributed by atoms with van der Waals surface area (Å²) in [4.78, 5) is 17.0. The van der Waals surface area contributed by atoms with Crippen molar-refractivity contribution in [3.63, 3.8) is 0 Å². The van der Waals surface area contributed by atoms with Gasteiger partial charge in [-0.3, -0.25) is 0 Å². The first-order valence-corrected chi connectivity index (χ1v) is 12.8. The Hall–Kier alpha value is -4.06. The zero-order valence-corrected chi connectivity index (χ0v) is 22.0. The van der Waals surface area contributed by atoms with Gasteiger partial charge in [0.1, 0.15) is 6.61 Å². The highest BCUT2D eigenvalue weighted by Gasteiger charge is 2.24. The van der Waals surface area contributed by atoms with Gasteiger partial charge in [-0.15, -0.1) is 0 Å². The minimum atomic E-state index is -0.539. The van der Waals surface area contributed by atoms with Crippen molar-refractivity contribution >= 4 is 41.1 Å². The van der Waals surface area contributed by atoms with Gasteiger partial charge in [0.2, 0.25) is 5.90 Å². The number of nitrogens with zero attached hydrogens (tertiary/aromatic N) is 1. The number of halogens is 2. The van der Waals surface area contributed by atoms with Crippen LogP contribution < -0.4 is 9.47 Å². The fourth-order valence-electron chi connectivity index (χ4n) is 3.98. The van der Waals surface area contributed by atoms with Crippen molar-refractivity contribution in [1.29, 1.82) is 0 Å². The average molecular weight is 544 g/mol. The average Bonchev–Trinajstić information content (AvgIpc) is 3.29. The Bertz CT molecular complexity index is 1530. The number of rotatable bonds is 8. The topological polar surface area (TPSA) is 57.1 Å². The summed E-state index contributed by atoms with van der Waals surface area (Å²) in [7, 11) is 0. The van der Waals surface area contributed by atoms with Crippen LogP contribution in [-0.4, -0.2) is 18.5 Å². The number of esters is 1. The number of hydrogen-bond donors (Lipinski definition) is 0. The molecule has 1 aliphatic rings. The van der Waals surface area contributed by atoms with E-state index in [0.717, 1.165) is 16.7 Å². The van der Waals surface area contributed by atoms with Crippen LogP contribution in [0, 0.1) is 0 Å². The minimum Gasteiger partial charge on any atom is -0.490 e. The van der Waals surface area contributed by atoms with Crippen molar-refractivity contribution in [2.75, 3.05) is 6.61 Å². The van der Waals surface area contributed by atoms with E-state index in [4.69, 9.17) is 37.4 Å². The summed E-state index contributed by atoms with van der Waals surface area (Å²) in [6, 6.07) is 28.6. The van der Waals surface area contributed by atoms with Crippen LogP contribution >= 0.6 is 23.2 Å². The lowest BCUT2D eigenvalue weighted by Crippen LogP contribution is -2.05. The van der Waals surface area contributed by atoms with Crippen molar-refractivity contribution in [3.8, 4) is 22.6 Å². The number of cyclic esters (lactones) is 1. The van der Waals surface area contributed by atoms with E-state index in [9.17, 15) is 4.79 Å². The lowest BCUT2D eigenvalue weighted by molar-refractivity contribution is -0.129. The zero-order chi connectivity index (χ0) is 26.5. The second kappa shape index (κ2) is 11.5. The Balaban J connectivity index is 1.38. The first kappa shape index (κ1) is 25.6. The molecule has 190 valence electrons. The first-order valence-electron chi connectivity index (χ1n) is 12.0. The number of carbonyl (C=O) groups excluding carboxylic acids is 1. The van der Waals surface area contributed by atoms with Crippen LogP contribution in [0.15, 0.2) is 102 Å². The van der Waals surface area contributed by atoms with Crippen LogP contribution in [0.2, 0.25) is 10.0 Å². The summed E-state index contributed by atoms with van der Waals surface area (Å²) >= 11 is 12.6. The molecule has 0 fully saturated rings. The highest BCUT2D eigenvalue weighted by Crippen LogP contribution is 2.38. The molecule has 1 aliphatic heterocycles. The molecule has 0 N–H and O–H groups in total. The number of ether oxygens (including phenoxy) is 3. The molecule has 0 radical (unpaired) electrons. The molecule has 7 heteroatoms. The van der Waals surface area contributed by atoms with Gasteiger partial charge in [-0.05, 0) is 71.7 Å². The van der Waals surface area contributed by atoms with Crippen LogP contribution in [0.25, 0.3) is 17.2 Å². The molecule has 0 aromatic heterocycles. The normalized spacial score (nSPS) is 13.8. The van der Waals surface area contributed by atoms with Gasteiger partial charge in [-0.2, -0.15) is 0 Å². The van der Waals surface area contributed by atoms with Gasteiger partial charge in [-0.25, -0.2) is 9.79 Å². The smallest absolute Gasteiger partial charge is 0.363 e. The third kappa shape index (κ3) is 5.91. The molecule has 0 saturated carbocycles. The summed E-state index contributed by atoms with van der Waals surface area (Å²) in [6.45, 7) is 2.55. The van der Waals surface area contributed by atoms with Crippen molar-refractivity contribution in [2.45, 2.75) is 13.5 Å². The number of carbonyl (C=O) groups is 1. The van der Waals surface area contributed by atoms with Crippen molar-refractivity contribution in [1.82, 2.24) is 0 Å². The summed E-state index contributed by atoms with van der Waals surface area (Å²) in [5.41, 5.74) is 4.56. The molecule has 0 atom stereocenters. The van der Waals surface area contributed by atoms with Crippen LogP contribution in [0.5, 0.6) is 11.5 Å². The molecule has 4 aromatic rings. The molecular formula is C31H23Cl2NO4. The molecule has 0 spiro atoms. The maximum absolute atomic E-state index is 12.6. The SMILES string of the molecule is CCOc1cc(/C=C2\N=C(c3ccc(-c4ccccc4)cc3)OC2=O)cc(Cl)c1OCc1cccc(Cl)c1. The van der Waals surface area contributed by atoms with E-state index >= 15 is 0 Å². The van der Waals surface area contributed by atoms with Gasteiger partial charge in [0.25, 0.3) is 0 Å². The molecule has 5 rings (SSSR count). The molecule has 5 nitrogen and oxygen atoms in total. The van der Waals surface area contributed by atoms with Crippen LogP contribution in [0.3, 0.4) is 0 Å². The lowest BCUT2D eigenvalue weighted by Gasteiger charge is -2.14.